The minimum absolute atomic E-state index is 0.309. The van der Waals surface area contributed by atoms with Crippen molar-refractivity contribution in [3.63, 3.8) is 0 Å². The van der Waals surface area contributed by atoms with Gasteiger partial charge >= 0.3 is 6.03 Å². The molecule has 0 aliphatic rings. The Morgan fingerprint density at radius 3 is 2.15 bits per heavy atom. The minimum atomic E-state index is -0.371. The first-order valence-corrected chi connectivity index (χ1v) is 8.18. The molecule has 2 aromatic carbocycles. The molecule has 1 aromatic heterocycles. The maximum atomic E-state index is 12.3. The number of carbonyl (C=O) groups is 2. The van der Waals surface area contributed by atoms with Crippen LogP contribution in [0.1, 0.15) is 10.4 Å². The molecule has 27 heavy (non-hydrogen) atoms. The summed E-state index contributed by atoms with van der Waals surface area (Å²) in [7, 11) is 1.51. The predicted molar refractivity (Wildman–Crippen MR) is 104 cm³/mol. The molecule has 0 aliphatic heterocycles. The zero-order valence-corrected chi connectivity index (χ0v) is 14.6. The second kappa shape index (κ2) is 8.48. The van der Waals surface area contributed by atoms with Crippen LogP contribution in [0.5, 0.6) is 5.88 Å². The highest BCUT2D eigenvalue weighted by molar-refractivity contribution is 6.05. The number of urea groups is 1. The van der Waals surface area contributed by atoms with E-state index in [4.69, 9.17) is 4.74 Å². The first-order chi connectivity index (χ1) is 13.1. The lowest BCUT2D eigenvalue weighted by Gasteiger charge is -2.10. The molecular weight excluding hydrogens is 344 g/mol. The molecular formula is C20H18N4O3. The SMILES string of the molecule is COc1ccc(C(=O)Nc2cccc(NC(=O)Nc3ccccc3)c2)cn1. The van der Waals surface area contributed by atoms with E-state index < -0.39 is 0 Å². The summed E-state index contributed by atoms with van der Waals surface area (Å²) >= 11 is 0. The van der Waals surface area contributed by atoms with Gasteiger partial charge in [-0.05, 0) is 36.4 Å². The number of pyridine rings is 1. The Hall–Kier alpha value is -3.87. The van der Waals surface area contributed by atoms with Gasteiger partial charge in [-0.25, -0.2) is 9.78 Å². The fourth-order valence-corrected chi connectivity index (χ4v) is 2.33. The number of anilines is 3. The summed E-state index contributed by atoms with van der Waals surface area (Å²) < 4.78 is 4.97. The van der Waals surface area contributed by atoms with Gasteiger partial charge in [-0.15, -0.1) is 0 Å². The van der Waals surface area contributed by atoms with E-state index in [1.54, 1.807) is 48.5 Å². The molecule has 0 saturated carbocycles. The monoisotopic (exact) mass is 362 g/mol. The van der Waals surface area contributed by atoms with Crippen molar-refractivity contribution in [2.24, 2.45) is 0 Å². The van der Waals surface area contributed by atoms with E-state index in [0.717, 1.165) is 0 Å². The first-order valence-electron chi connectivity index (χ1n) is 8.18. The van der Waals surface area contributed by atoms with Crippen LogP contribution in [0.25, 0.3) is 0 Å². The summed E-state index contributed by atoms with van der Waals surface area (Å²) in [6.07, 6.45) is 1.43. The minimum Gasteiger partial charge on any atom is -0.481 e. The second-order valence-corrected chi connectivity index (χ2v) is 5.57. The van der Waals surface area contributed by atoms with E-state index in [-0.39, 0.29) is 11.9 Å². The molecule has 3 amide bonds. The maximum Gasteiger partial charge on any atom is 0.323 e. The normalized spacial score (nSPS) is 9.96. The van der Waals surface area contributed by atoms with Gasteiger partial charge in [-0.2, -0.15) is 0 Å². The number of carbonyl (C=O) groups excluding carboxylic acids is 2. The summed E-state index contributed by atoms with van der Waals surface area (Å²) in [5.74, 6) is 0.123. The molecule has 3 N–H and O–H groups in total. The highest BCUT2D eigenvalue weighted by Gasteiger charge is 2.08. The van der Waals surface area contributed by atoms with Crippen LogP contribution in [0.15, 0.2) is 72.9 Å². The summed E-state index contributed by atoms with van der Waals surface area (Å²) in [6, 6.07) is 18.8. The van der Waals surface area contributed by atoms with Crippen molar-refractivity contribution in [2.45, 2.75) is 0 Å². The second-order valence-electron chi connectivity index (χ2n) is 5.57. The number of benzene rings is 2. The standard InChI is InChI=1S/C20H18N4O3/c1-27-18-11-10-14(13-21-18)19(25)22-16-8-5-9-17(12-16)24-20(26)23-15-6-3-2-4-7-15/h2-13H,1H3,(H,22,25)(H2,23,24,26). The molecule has 1 heterocycles. The topological polar surface area (TPSA) is 92.4 Å². The number of hydrogen-bond acceptors (Lipinski definition) is 4. The van der Waals surface area contributed by atoms with Gasteiger partial charge in [0.1, 0.15) is 0 Å². The van der Waals surface area contributed by atoms with Crippen molar-refractivity contribution in [2.75, 3.05) is 23.1 Å². The number of amides is 3. The molecule has 7 heteroatoms. The van der Waals surface area contributed by atoms with Gasteiger partial charge in [0, 0.05) is 29.3 Å². The Labute approximate surface area is 156 Å². The van der Waals surface area contributed by atoms with Crippen LogP contribution in [0.3, 0.4) is 0 Å². The Morgan fingerprint density at radius 2 is 1.48 bits per heavy atom. The molecule has 3 aromatic rings. The maximum absolute atomic E-state index is 12.3. The fraction of sp³-hybridized carbons (Fsp3) is 0.0500. The van der Waals surface area contributed by atoms with Crippen LogP contribution in [-0.2, 0) is 0 Å². The fourth-order valence-electron chi connectivity index (χ4n) is 2.33. The van der Waals surface area contributed by atoms with Crippen molar-refractivity contribution in [3.05, 3.63) is 78.5 Å². The lowest BCUT2D eigenvalue weighted by Crippen LogP contribution is -2.19. The molecule has 0 unspecified atom stereocenters. The van der Waals surface area contributed by atoms with Gasteiger partial charge in [0.05, 0.1) is 12.7 Å². The van der Waals surface area contributed by atoms with E-state index in [1.165, 1.54) is 13.3 Å². The van der Waals surface area contributed by atoms with Crippen LogP contribution < -0.4 is 20.7 Å². The van der Waals surface area contributed by atoms with Crippen molar-refractivity contribution in [1.82, 2.24) is 4.98 Å². The molecule has 0 atom stereocenters. The van der Waals surface area contributed by atoms with Crippen LogP contribution in [-0.4, -0.2) is 24.0 Å². The smallest absolute Gasteiger partial charge is 0.323 e. The van der Waals surface area contributed by atoms with Crippen LogP contribution in [0, 0.1) is 0 Å². The van der Waals surface area contributed by atoms with Gasteiger partial charge < -0.3 is 20.7 Å². The molecule has 0 saturated heterocycles. The summed E-state index contributed by atoms with van der Waals surface area (Å²) in [4.78, 5) is 28.4. The number of ether oxygens (including phenoxy) is 1. The molecule has 0 fully saturated rings. The lowest BCUT2D eigenvalue weighted by atomic mass is 10.2. The average molecular weight is 362 g/mol. The number of nitrogens with one attached hydrogen (secondary N) is 3. The van der Waals surface area contributed by atoms with E-state index in [9.17, 15) is 9.59 Å². The molecule has 0 bridgehead atoms. The van der Waals surface area contributed by atoms with Gasteiger partial charge in [-0.1, -0.05) is 24.3 Å². The average Bonchev–Trinajstić information content (AvgIpc) is 2.69. The zero-order valence-electron chi connectivity index (χ0n) is 14.6. The van der Waals surface area contributed by atoms with Gasteiger partial charge in [0.25, 0.3) is 5.91 Å². The van der Waals surface area contributed by atoms with Gasteiger partial charge in [0.2, 0.25) is 5.88 Å². The van der Waals surface area contributed by atoms with Crippen LogP contribution in [0.4, 0.5) is 21.9 Å². The van der Waals surface area contributed by atoms with Crippen molar-refractivity contribution in [3.8, 4) is 5.88 Å². The highest BCUT2D eigenvalue weighted by atomic mass is 16.5. The van der Waals surface area contributed by atoms with E-state index in [1.807, 2.05) is 18.2 Å². The number of hydrogen-bond donors (Lipinski definition) is 3. The molecule has 0 spiro atoms. The number of nitrogens with zero attached hydrogens (tertiary/aromatic N) is 1. The Kier molecular flexibility index (Phi) is 5.64. The van der Waals surface area contributed by atoms with E-state index >= 15 is 0 Å². The van der Waals surface area contributed by atoms with Gasteiger partial charge in [-0.3, -0.25) is 4.79 Å². The predicted octanol–water partition coefficient (Wildman–Crippen LogP) is 3.99. The Bertz CT molecular complexity index is 927. The summed E-state index contributed by atoms with van der Waals surface area (Å²) in [5, 5.41) is 8.23. The third-order valence-corrected chi connectivity index (χ3v) is 3.62. The Balaban J connectivity index is 1.62. The number of rotatable bonds is 5. The Morgan fingerprint density at radius 1 is 0.815 bits per heavy atom. The largest absolute Gasteiger partial charge is 0.481 e. The zero-order chi connectivity index (χ0) is 19.1. The van der Waals surface area contributed by atoms with Crippen molar-refractivity contribution >= 4 is 29.0 Å². The quantitative estimate of drug-likeness (QED) is 0.640. The molecule has 0 radical (unpaired) electrons. The van der Waals surface area contributed by atoms with Gasteiger partial charge in [0.15, 0.2) is 0 Å². The number of aromatic nitrogens is 1. The lowest BCUT2D eigenvalue weighted by molar-refractivity contribution is 0.102. The molecule has 3 rings (SSSR count). The summed E-state index contributed by atoms with van der Waals surface area (Å²) in [5.41, 5.74) is 2.19. The van der Waals surface area contributed by atoms with Crippen LogP contribution in [0.2, 0.25) is 0 Å². The molecule has 7 nitrogen and oxygen atoms in total. The number of para-hydroxylation sites is 1. The molecule has 0 aliphatic carbocycles. The summed E-state index contributed by atoms with van der Waals surface area (Å²) in [6.45, 7) is 0. The van der Waals surface area contributed by atoms with Crippen molar-refractivity contribution < 1.29 is 14.3 Å². The van der Waals surface area contributed by atoms with Crippen molar-refractivity contribution in [1.29, 1.82) is 0 Å². The van der Waals surface area contributed by atoms with Crippen LogP contribution >= 0.6 is 0 Å². The molecule has 136 valence electrons. The van der Waals surface area contributed by atoms with E-state index in [0.29, 0.717) is 28.5 Å². The number of methoxy groups -OCH3 is 1. The third kappa shape index (κ3) is 5.05. The van der Waals surface area contributed by atoms with E-state index in [2.05, 4.69) is 20.9 Å². The third-order valence-electron chi connectivity index (χ3n) is 3.62. The first kappa shape index (κ1) is 17.9. The highest BCUT2D eigenvalue weighted by Crippen LogP contribution is 2.17.